The molecule has 0 saturated heterocycles. The number of aromatic nitrogens is 2. The zero-order valence-corrected chi connectivity index (χ0v) is 12.5. The molecular formula is C17H22N2. The van der Waals surface area contributed by atoms with Crippen LogP contribution in [-0.2, 0) is 11.8 Å². The van der Waals surface area contributed by atoms with Crippen molar-refractivity contribution in [3.8, 4) is 11.4 Å². The molecule has 2 heteroatoms. The largest absolute Gasteiger partial charge is 0.236 e. The van der Waals surface area contributed by atoms with Gasteiger partial charge in [-0.05, 0) is 29.9 Å². The molecule has 0 aliphatic rings. The van der Waals surface area contributed by atoms with Crippen LogP contribution in [0.5, 0.6) is 0 Å². The van der Waals surface area contributed by atoms with Crippen molar-refractivity contribution in [3.05, 3.63) is 47.3 Å². The van der Waals surface area contributed by atoms with E-state index >= 15 is 0 Å². The maximum absolute atomic E-state index is 4.59. The van der Waals surface area contributed by atoms with Crippen molar-refractivity contribution < 1.29 is 0 Å². The summed E-state index contributed by atoms with van der Waals surface area (Å²) >= 11 is 0. The van der Waals surface area contributed by atoms with Crippen LogP contribution >= 0.6 is 0 Å². The highest BCUT2D eigenvalue weighted by molar-refractivity contribution is 5.56. The van der Waals surface area contributed by atoms with E-state index in [0.717, 1.165) is 23.5 Å². The molecule has 0 spiro atoms. The van der Waals surface area contributed by atoms with Gasteiger partial charge in [0.1, 0.15) is 0 Å². The molecule has 1 aromatic carbocycles. The van der Waals surface area contributed by atoms with Gasteiger partial charge in [-0.2, -0.15) is 0 Å². The highest BCUT2D eigenvalue weighted by atomic mass is 14.9. The lowest BCUT2D eigenvalue weighted by Crippen LogP contribution is -2.10. The van der Waals surface area contributed by atoms with Crippen molar-refractivity contribution in [3.63, 3.8) is 0 Å². The molecule has 19 heavy (non-hydrogen) atoms. The van der Waals surface area contributed by atoms with Crippen molar-refractivity contribution in [1.82, 2.24) is 9.97 Å². The molecule has 2 nitrogen and oxygen atoms in total. The Morgan fingerprint density at radius 2 is 1.68 bits per heavy atom. The summed E-state index contributed by atoms with van der Waals surface area (Å²) in [7, 11) is 0. The number of hydrogen-bond acceptors (Lipinski definition) is 2. The molecule has 0 atom stereocenters. The fraction of sp³-hybridized carbons (Fsp3) is 0.412. The fourth-order valence-corrected chi connectivity index (χ4v) is 2.10. The summed E-state index contributed by atoms with van der Waals surface area (Å²) in [5, 5.41) is 0. The first-order valence-corrected chi connectivity index (χ1v) is 6.85. The number of hydrogen-bond donors (Lipinski definition) is 0. The van der Waals surface area contributed by atoms with Crippen LogP contribution in [-0.4, -0.2) is 9.97 Å². The molecule has 100 valence electrons. The van der Waals surface area contributed by atoms with Crippen LogP contribution in [0.15, 0.2) is 30.5 Å². The molecule has 0 unspecified atom stereocenters. The van der Waals surface area contributed by atoms with Crippen molar-refractivity contribution in [1.29, 1.82) is 0 Å². The second-order valence-electron chi connectivity index (χ2n) is 5.99. The van der Waals surface area contributed by atoms with E-state index < -0.39 is 0 Å². The molecule has 0 fully saturated rings. The summed E-state index contributed by atoms with van der Waals surface area (Å²) in [6.45, 7) is 10.8. The van der Waals surface area contributed by atoms with Gasteiger partial charge in [-0.1, -0.05) is 52.0 Å². The molecule has 0 bridgehead atoms. The van der Waals surface area contributed by atoms with Crippen LogP contribution in [0.1, 0.15) is 44.5 Å². The Hall–Kier alpha value is -1.70. The van der Waals surface area contributed by atoms with E-state index in [9.17, 15) is 0 Å². The summed E-state index contributed by atoms with van der Waals surface area (Å²) < 4.78 is 0. The minimum Gasteiger partial charge on any atom is -0.236 e. The van der Waals surface area contributed by atoms with E-state index in [2.05, 4.69) is 61.9 Å². The number of benzene rings is 1. The normalized spacial score (nSPS) is 11.6. The molecule has 1 aromatic heterocycles. The first-order chi connectivity index (χ1) is 8.91. The minimum atomic E-state index is 0.182. The van der Waals surface area contributed by atoms with Gasteiger partial charge in [0, 0.05) is 17.5 Å². The lowest BCUT2D eigenvalue weighted by molar-refractivity contribution is 0.590. The standard InChI is InChI=1S/C17H22N2/c1-6-13-11-18-16(19-12(13)2)14-7-9-15(10-8-14)17(3,4)5/h7-11H,6H2,1-5H3. The third-order valence-electron chi connectivity index (χ3n) is 3.47. The molecule has 0 aliphatic heterocycles. The monoisotopic (exact) mass is 254 g/mol. The van der Waals surface area contributed by atoms with Gasteiger partial charge in [0.25, 0.3) is 0 Å². The lowest BCUT2D eigenvalue weighted by Gasteiger charge is -2.19. The quantitative estimate of drug-likeness (QED) is 0.798. The molecule has 0 N–H and O–H groups in total. The van der Waals surface area contributed by atoms with Crippen LogP contribution < -0.4 is 0 Å². The van der Waals surface area contributed by atoms with E-state index in [1.54, 1.807) is 0 Å². The Labute approximate surface area is 115 Å². The summed E-state index contributed by atoms with van der Waals surface area (Å²) in [4.78, 5) is 9.06. The molecule has 2 aromatic rings. The summed E-state index contributed by atoms with van der Waals surface area (Å²) in [5.74, 6) is 0.815. The maximum Gasteiger partial charge on any atom is 0.159 e. The predicted octanol–water partition coefficient (Wildman–Crippen LogP) is 4.31. The molecule has 0 aliphatic carbocycles. The zero-order valence-electron chi connectivity index (χ0n) is 12.5. The number of nitrogens with zero attached hydrogens (tertiary/aromatic N) is 2. The third kappa shape index (κ3) is 3.01. The number of aryl methyl sites for hydroxylation is 2. The number of rotatable bonds is 2. The highest BCUT2D eigenvalue weighted by Gasteiger charge is 2.13. The zero-order chi connectivity index (χ0) is 14.0. The smallest absolute Gasteiger partial charge is 0.159 e. The Kier molecular flexibility index (Phi) is 3.70. The van der Waals surface area contributed by atoms with Gasteiger partial charge in [0.15, 0.2) is 5.82 Å². The average molecular weight is 254 g/mol. The van der Waals surface area contributed by atoms with Gasteiger partial charge in [-0.25, -0.2) is 9.97 Å². The Morgan fingerprint density at radius 1 is 1.05 bits per heavy atom. The van der Waals surface area contributed by atoms with Gasteiger partial charge in [0.05, 0.1) is 0 Å². The molecule has 0 saturated carbocycles. The molecule has 0 radical (unpaired) electrons. The van der Waals surface area contributed by atoms with Crippen molar-refractivity contribution >= 4 is 0 Å². The Morgan fingerprint density at radius 3 is 2.16 bits per heavy atom. The second-order valence-corrected chi connectivity index (χ2v) is 5.99. The SMILES string of the molecule is CCc1cnc(-c2ccc(C(C)(C)C)cc2)nc1C. The van der Waals surface area contributed by atoms with E-state index in [1.807, 2.05) is 13.1 Å². The van der Waals surface area contributed by atoms with E-state index in [1.165, 1.54) is 11.1 Å². The highest BCUT2D eigenvalue weighted by Crippen LogP contribution is 2.25. The third-order valence-corrected chi connectivity index (χ3v) is 3.47. The summed E-state index contributed by atoms with van der Waals surface area (Å²) in [5.41, 5.74) is 4.89. The topological polar surface area (TPSA) is 25.8 Å². The summed E-state index contributed by atoms with van der Waals surface area (Å²) in [6.07, 6.45) is 2.92. The first kappa shape index (κ1) is 13.7. The predicted molar refractivity (Wildman–Crippen MR) is 80.3 cm³/mol. The van der Waals surface area contributed by atoms with Crippen LogP contribution in [0.3, 0.4) is 0 Å². The van der Waals surface area contributed by atoms with Crippen LogP contribution in [0, 0.1) is 6.92 Å². The fourth-order valence-electron chi connectivity index (χ4n) is 2.10. The van der Waals surface area contributed by atoms with Gasteiger partial charge < -0.3 is 0 Å². The van der Waals surface area contributed by atoms with E-state index in [4.69, 9.17) is 0 Å². The van der Waals surface area contributed by atoms with Crippen LogP contribution in [0.25, 0.3) is 11.4 Å². The van der Waals surface area contributed by atoms with Gasteiger partial charge in [-0.15, -0.1) is 0 Å². The molecular weight excluding hydrogens is 232 g/mol. The Balaban J connectivity index is 2.35. The van der Waals surface area contributed by atoms with E-state index in [-0.39, 0.29) is 5.41 Å². The average Bonchev–Trinajstić information content (AvgIpc) is 2.38. The van der Waals surface area contributed by atoms with Gasteiger partial charge in [0.2, 0.25) is 0 Å². The van der Waals surface area contributed by atoms with Crippen LogP contribution in [0.2, 0.25) is 0 Å². The van der Waals surface area contributed by atoms with Gasteiger partial charge in [-0.3, -0.25) is 0 Å². The Bertz CT molecular complexity index is 563. The second kappa shape index (κ2) is 5.12. The molecule has 0 amide bonds. The van der Waals surface area contributed by atoms with Crippen LogP contribution in [0.4, 0.5) is 0 Å². The lowest BCUT2D eigenvalue weighted by atomic mass is 9.87. The van der Waals surface area contributed by atoms with E-state index in [0.29, 0.717) is 0 Å². The molecule has 1 heterocycles. The molecule has 2 rings (SSSR count). The van der Waals surface area contributed by atoms with Crippen molar-refractivity contribution in [2.75, 3.05) is 0 Å². The van der Waals surface area contributed by atoms with Gasteiger partial charge >= 0.3 is 0 Å². The minimum absolute atomic E-state index is 0.182. The van der Waals surface area contributed by atoms with Crippen molar-refractivity contribution in [2.45, 2.75) is 46.5 Å². The van der Waals surface area contributed by atoms with Crippen molar-refractivity contribution in [2.24, 2.45) is 0 Å². The first-order valence-electron chi connectivity index (χ1n) is 6.85. The maximum atomic E-state index is 4.59. The summed E-state index contributed by atoms with van der Waals surface area (Å²) in [6, 6.07) is 8.56.